The van der Waals surface area contributed by atoms with E-state index < -0.39 is 0 Å². The number of piperidine rings is 1. The highest BCUT2D eigenvalue weighted by molar-refractivity contribution is 5.99. The normalized spacial score (nSPS) is 29.7. The van der Waals surface area contributed by atoms with Crippen LogP contribution in [0.4, 0.5) is 0 Å². The van der Waals surface area contributed by atoms with E-state index in [4.69, 9.17) is 18.9 Å². The quantitative estimate of drug-likeness (QED) is 0.807. The molecule has 0 N–H and O–H groups in total. The van der Waals surface area contributed by atoms with Crippen molar-refractivity contribution in [3.8, 4) is 11.5 Å². The van der Waals surface area contributed by atoms with Gasteiger partial charge in [-0.2, -0.15) is 0 Å². The summed E-state index contributed by atoms with van der Waals surface area (Å²) in [6.45, 7) is 0.946. The molecule has 0 unspecified atom stereocenters. The summed E-state index contributed by atoms with van der Waals surface area (Å²) in [7, 11) is 8.57. The van der Waals surface area contributed by atoms with E-state index in [9.17, 15) is 4.79 Å². The fraction of sp³-hybridized carbons (Fsp3) is 0.571. The van der Waals surface area contributed by atoms with E-state index in [0.29, 0.717) is 23.7 Å². The van der Waals surface area contributed by atoms with Crippen molar-refractivity contribution >= 4 is 5.78 Å². The van der Waals surface area contributed by atoms with Gasteiger partial charge in [0.1, 0.15) is 5.76 Å². The average molecular weight is 373 g/mol. The van der Waals surface area contributed by atoms with E-state index in [0.717, 1.165) is 25.1 Å². The smallest absolute Gasteiger partial charge is 0.206 e. The summed E-state index contributed by atoms with van der Waals surface area (Å²) < 4.78 is 22.2. The molecule has 1 saturated heterocycles. The summed E-state index contributed by atoms with van der Waals surface area (Å²) in [6, 6.07) is 4.28. The summed E-state index contributed by atoms with van der Waals surface area (Å²) in [5.41, 5.74) is 2.12. The Morgan fingerprint density at radius 2 is 1.74 bits per heavy atom. The third-order valence-electron chi connectivity index (χ3n) is 6.72. The van der Waals surface area contributed by atoms with Crippen LogP contribution in [0.3, 0.4) is 0 Å². The van der Waals surface area contributed by atoms with E-state index >= 15 is 0 Å². The molecule has 3 atom stereocenters. The molecule has 1 aromatic rings. The summed E-state index contributed by atoms with van der Waals surface area (Å²) in [4.78, 5) is 15.8. The number of nitrogens with zero attached hydrogens (tertiary/aromatic N) is 1. The maximum atomic E-state index is 13.5. The van der Waals surface area contributed by atoms with Crippen molar-refractivity contribution in [3.63, 3.8) is 0 Å². The Labute approximate surface area is 160 Å². The second-order valence-electron chi connectivity index (χ2n) is 7.70. The Kier molecular flexibility index (Phi) is 4.34. The van der Waals surface area contributed by atoms with Crippen LogP contribution in [0.25, 0.3) is 0 Å². The van der Waals surface area contributed by atoms with E-state index in [1.807, 2.05) is 0 Å². The molecule has 0 radical (unpaired) electrons. The highest BCUT2D eigenvalue weighted by atomic mass is 16.5. The molecule has 1 aliphatic heterocycles. The predicted molar refractivity (Wildman–Crippen MR) is 100 cm³/mol. The van der Waals surface area contributed by atoms with Crippen molar-refractivity contribution < 1.29 is 23.7 Å². The van der Waals surface area contributed by atoms with Gasteiger partial charge in [-0.15, -0.1) is 0 Å². The number of hydrogen-bond acceptors (Lipinski definition) is 6. The number of methoxy groups -OCH3 is 4. The highest BCUT2D eigenvalue weighted by Crippen LogP contribution is 2.57. The SMILES string of the molecule is COC1=C(OC)C(=O)[C@@H]2[C@H]3Cc4cc(OC)c(OC)cc4[C@@]2(CCN3C)C1. The van der Waals surface area contributed by atoms with Gasteiger partial charge in [0.25, 0.3) is 0 Å². The van der Waals surface area contributed by atoms with Crippen LogP contribution < -0.4 is 9.47 Å². The summed E-state index contributed by atoms with van der Waals surface area (Å²) in [5, 5.41) is 0. The first-order valence-corrected chi connectivity index (χ1v) is 9.31. The zero-order valence-electron chi connectivity index (χ0n) is 16.6. The molecule has 3 aliphatic rings. The summed E-state index contributed by atoms with van der Waals surface area (Å²) in [6.07, 6.45) is 2.36. The number of likely N-dealkylation sites (N-methyl/N-ethyl adjacent to an activating group) is 1. The zero-order chi connectivity index (χ0) is 19.3. The topological polar surface area (TPSA) is 57.2 Å². The number of likely N-dealkylation sites (tertiary alicyclic amines) is 1. The van der Waals surface area contributed by atoms with Crippen molar-refractivity contribution in [2.24, 2.45) is 5.92 Å². The van der Waals surface area contributed by atoms with Gasteiger partial charge in [-0.1, -0.05) is 0 Å². The number of carbonyl (C=O) groups excluding carboxylic acids is 1. The number of ketones is 1. The van der Waals surface area contributed by atoms with Crippen LogP contribution in [0.5, 0.6) is 11.5 Å². The van der Waals surface area contributed by atoms with E-state index in [1.54, 1.807) is 28.4 Å². The van der Waals surface area contributed by atoms with E-state index in [-0.39, 0.29) is 23.2 Å². The maximum Gasteiger partial charge on any atom is 0.206 e. The van der Waals surface area contributed by atoms with Gasteiger partial charge >= 0.3 is 0 Å². The Hall–Kier alpha value is -2.21. The predicted octanol–water partition coefficient (Wildman–Crippen LogP) is 2.30. The molecule has 0 saturated carbocycles. The van der Waals surface area contributed by atoms with Crippen LogP contribution in [-0.4, -0.2) is 58.8 Å². The highest BCUT2D eigenvalue weighted by Gasteiger charge is 2.59. The second-order valence-corrected chi connectivity index (χ2v) is 7.70. The molecule has 27 heavy (non-hydrogen) atoms. The van der Waals surface area contributed by atoms with Crippen molar-refractivity contribution in [3.05, 3.63) is 34.8 Å². The number of Topliss-reactive ketones (excluding diaryl/α,β-unsaturated/α-hetero) is 1. The van der Waals surface area contributed by atoms with Crippen LogP contribution in [0.2, 0.25) is 0 Å². The molecule has 2 aliphatic carbocycles. The minimum atomic E-state index is -0.297. The second kappa shape index (κ2) is 6.44. The lowest BCUT2D eigenvalue weighted by Crippen LogP contribution is -2.63. The van der Waals surface area contributed by atoms with Crippen LogP contribution in [0.1, 0.15) is 24.0 Å². The standard InChI is InChI=1S/C21H27NO5/c1-22-7-6-21-11-17(26-4)20(27-5)19(23)18(21)14(22)8-12-9-15(24-2)16(25-3)10-13(12)21/h9-10,14,18H,6-8,11H2,1-5H3/t14-,18+,21-/m1/s1. The van der Waals surface area contributed by atoms with Crippen LogP contribution >= 0.6 is 0 Å². The van der Waals surface area contributed by atoms with Crippen LogP contribution in [-0.2, 0) is 26.1 Å². The molecular weight excluding hydrogens is 346 g/mol. The number of fused-ring (bicyclic) bond motifs is 1. The third-order valence-corrected chi connectivity index (χ3v) is 6.72. The minimum Gasteiger partial charge on any atom is -0.497 e. The molecule has 146 valence electrons. The molecule has 6 heteroatoms. The average Bonchev–Trinajstić information content (AvgIpc) is 2.69. The molecule has 1 fully saturated rings. The number of carbonyl (C=O) groups is 1. The molecule has 0 aromatic heterocycles. The van der Waals surface area contributed by atoms with Gasteiger partial charge in [-0.05, 0) is 49.7 Å². The summed E-state index contributed by atoms with van der Waals surface area (Å²) >= 11 is 0. The molecule has 6 nitrogen and oxygen atoms in total. The van der Waals surface area contributed by atoms with Crippen LogP contribution in [0, 0.1) is 5.92 Å². The monoisotopic (exact) mass is 373 g/mol. The van der Waals surface area contributed by atoms with Gasteiger partial charge in [0.15, 0.2) is 17.3 Å². The number of ether oxygens (including phenoxy) is 4. The Bertz CT molecular complexity index is 817. The number of rotatable bonds is 4. The fourth-order valence-corrected chi connectivity index (χ4v) is 5.42. The van der Waals surface area contributed by atoms with Crippen molar-refractivity contribution in [2.45, 2.75) is 30.7 Å². The van der Waals surface area contributed by atoms with Gasteiger partial charge in [-0.3, -0.25) is 4.79 Å². The van der Waals surface area contributed by atoms with Crippen molar-refractivity contribution in [2.75, 3.05) is 42.0 Å². The number of benzene rings is 1. The van der Waals surface area contributed by atoms with Gasteiger partial charge in [0.05, 0.1) is 34.4 Å². The molecule has 1 aromatic carbocycles. The first kappa shape index (κ1) is 18.2. The molecule has 4 rings (SSSR count). The number of allylic oxidation sites excluding steroid dienone is 2. The molecule has 1 heterocycles. The lowest BCUT2D eigenvalue weighted by molar-refractivity contribution is -0.133. The Morgan fingerprint density at radius 1 is 1.04 bits per heavy atom. The largest absolute Gasteiger partial charge is 0.497 e. The Balaban J connectivity index is 1.96. The van der Waals surface area contributed by atoms with Crippen molar-refractivity contribution in [1.29, 1.82) is 0 Å². The third kappa shape index (κ3) is 2.39. The van der Waals surface area contributed by atoms with E-state index in [1.165, 1.54) is 11.1 Å². The molecule has 0 spiro atoms. The van der Waals surface area contributed by atoms with Crippen molar-refractivity contribution in [1.82, 2.24) is 4.90 Å². The molecular formula is C21H27NO5. The van der Waals surface area contributed by atoms with Gasteiger partial charge in [0.2, 0.25) is 5.78 Å². The zero-order valence-corrected chi connectivity index (χ0v) is 16.6. The lowest BCUT2D eigenvalue weighted by atomic mass is 9.52. The first-order valence-electron chi connectivity index (χ1n) is 9.31. The molecule has 2 bridgehead atoms. The van der Waals surface area contributed by atoms with E-state index in [2.05, 4.69) is 24.1 Å². The fourth-order valence-electron chi connectivity index (χ4n) is 5.42. The lowest BCUT2D eigenvalue weighted by Gasteiger charge is -2.57. The van der Waals surface area contributed by atoms with Crippen LogP contribution in [0.15, 0.2) is 23.7 Å². The van der Waals surface area contributed by atoms with Gasteiger partial charge in [-0.25, -0.2) is 0 Å². The minimum absolute atomic E-state index is 0.0533. The Morgan fingerprint density at radius 3 is 2.37 bits per heavy atom. The first-order chi connectivity index (χ1) is 13.0. The molecule has 0 amide bonds. The van der Waals surface area contributed by atoms with Gasteiger partial charge in [0, 0.05) is 17.9 Å². The van der Waals surface area contributed by atoms with Gasteiger partial charge < -0.3 is 23.8 Å². The maximum absolute atomic E-state index is 13.5. The number of hydrogen-bond donors (Lipinski definition) is 0. The summed E-state index contributed by atoms with van der Waals surface area (Å²) in [5.74, 6) is 2.36.